The highest BCUT2D eigenvalue weighted by Gasteiger charge is 2.22. The average molecular weight is 513 g/mol. The van der Waals surface area contributed by atoms with E-state index in [1.54, 1.807) is 24.1 Å². The minimum atomic E-state index is -0.695. The van der Waals surface area contributed by atoms with E-state index in [2.05, 4.69) is 25.7 Å². The van der Waals surface area contributed by atoms with E-state index < -0.39 is 23.6 Å². The molecule has 1 fully saturated rings. The summed E-state index contributed by atoms with van der Waals surface area (Å²) in [4.78, 5) is 21.9. The maximum Gasteiger partial charge on any atom is 0.252 e. The van der Waals surface area contributed by atoms with Crippen LogP contribution in [0.25, 0.3) is 10.9 Å². The Balaban J connectivity index is 1.44. The van der Waals surface area contributed by atoms with E-state index in [-0.39, 0.29) is 22.0 Å². The van der Waals surface area contributed by atoms with Crippen molar-refractivity contribution in [2.45, 2.75) is 24.9 Å². The molecule has 0 radical (unpaired) electrons. The van der Waals surface area contributed by atoms with Crippen LogP contribution in [0.3, 0.4) is 0 Å². The van der Waals surface area contributed by atoms with Crippen molar-refractivity contribution in [1.29, 1.82) is 0 Å². The highest BCUT2D eigenvalue weighted by Crippen LogP contribution is 2.27. The Hall–Kier alpha value is -3.63. The lowest BCUT2D eigenvalue weighted by atomic mass is 10.0. The number of aromatic nitrogens is 4. The highest BCUT2D eigenvalue weighted by molar-refractivity contribution is 6.30. The van der Waals surface area contributed by atoms with Crippen molar-refractivity contribution in [3.8, 4) is 0 Å². The SMILES string of the molecule is Cn1cc([C@@H](NC(=O)c2cc(F)c3cnc(NC4CCOCC4)nc3c2)c2ccc(F)c(Cl)c2)cn1. The lowest BCUT2D eigenvalue weighted by molar-refractivity contribution is 0.0903. The first-order chi connectivity index (χ1) is 17.4. The van der Waals surface area contributed by atoms with Gasteiger partial charge < -0.3 is 15.4 Å². The fourth-order valence-electron chi connectivity index (χ4n) is 4.17. The van der Waals surface area contributed by atoms with E-state index in [4.69, 9.17) is 16.3 Å². The molecular weight excluding hydrogens is 490 g/mol. The zero-order valence-corrected chi connectivity index (χ0v) is 20.1. The molecule has 2 N–H and O–H groups in total. The van der Waals surface area contributed by atoms with E-state index in [0.29, 0.717) is 35.8 Å². The number of ether oxygens (including phenoxy) is 1. The molecular formula is C25H23ClF2N6O2. The Bertz CT molecular complexity index is 1420. The Labute approximate surface area is 210 Å². The molecule has 0 saturated carbocycles. The van der Waals surface area contributed by atoms with Gasteiger partial charge in [-0.1, -0.05) is 17.7 Å². The van der Waals surface area contributed by atoms with Crippen molar-refractivity contribution in [2.75, 3.05) is 18.5 Å². The molecule has 2 aromatic heterocycles. The summed E-state index contributed by atoms with van der Waals surface area (Å²) in [7, 11) is 1.74. The van der Waals surface area contributed by atoms with E-state index in [0.717, 1.165) is 18.9 Å². The van der Waals surface area contributed by atoms with Crippen LogP contribution in [0.5, 0.6) is 0 Å². The molecule has 1 amide bonds. The molecule has 36 heavy (non-hydrogen) atoms. The van der Waals surface area contributed by atoms with Crippen molar-refractivity contribution >= 4 is 34.4 Å². The molecule has 0 aliphatic carbocycles. The first-order valence-electron chi connectivity index (χ1n) is 11.4. The molecule has 186 valence electrons. The van der Waals surface area contributed by atoms with Gasteiger partial charge in [-0.15, -0.1) is 0 Å². The second kappa shape index (κ2) is 10.2. The molecule has 0 bridgehead atoms. The van der Waals surface area contributed by atoms with Gasteiger partial charge in [-0.2, -0.15) is 5.10 Å². The molecule has 3 heterocycles. The average Bonchev–Trinajstić information content (AvgIpc) is 3.30. The minimum Gasteiger partial charge on any atom is -0.381 e. The predicted octanol–water partition coefficient (Wildman–Crippen LogP) is 4.41. The highest BCUT2D eigenvalue weighted by atomic mass is 35.5. The smallest absolute Gasteiger partial charge is 0.252 e. The van der Waals surface area contributed by atoms with Crippen LogP contribution in [-0.4, -0.2) is 44.9 Å². The Morgan fingerprint density at radius 3 is 2.67 bits per heavy atom. The maximum atomic E-state index is 14.9. The molecule has 8 nitrogen and oxygen atoms in total. The third-order valence-corrected chi connectivity index (χ3v) is 6.37. The van der Waals surface area contributed by atoms with Crippen molar-refractivity contribution in [3.05, 3.63) is 82.3 Å². The van der Waals surface area contributed by atoms with Gasteiger partial charge in [0.1, 0.15) is 11.6 Å². The molecule has 11 heteroatoms. The fourth-order valence-corrected chi connectivity index (χ4v) is 4.36. The lowest BCUT2D eigenvalue weighted by Gasteiger charge is -2.23. The summed E-state index contributed by atoms with van der Waals surface area (Å²) in [5.74, 6) is -1.36. The van der Waals surface area contributed by atoms with Crippen molar-refractivity contribution in [1.82, 2.24) is 25.1 Å². The van der Waals surface area contributed by atoms with Crippen LogP contribution in [0.2, 0.25) is 5.02 Å². The van der Waals surface area contributed by atoms with Gasteiger partial charge in [0.15, 0.2) is 0 Å². The molecule has 4 aromatic rings. The number of benzene rings is 2. The lowest BCUT2D eigenvalue weighted by Crippen LogP contribution is -2.29. The number of aryl methyl sites for hydroxylation is 1. The number of rotatable bonds is 6. The van der Waals surface area contributed by atoms with Crippen molar-refractivity contribution in [3.63, 3.8) is 0 Å². The van der Waals surface area contributed by atoms with Gasteiger partial charge in [0.2, 0.25) is 5.95 Å². The second-order valence-electron chi connectivity index (χ2n) is 8.64. The van der Waals surface area contributed by atoms with Crippen LogP contribution in [0, 0.1) is 11.6 Å². The van der Waals surface area contributed by atoms with E-state index >= 15 is 0 Å². The Kier molecular flexibility index (Phi) is 6.80. The number of carbonyl (C=O) groups excluding carboxylic acids is 1. The molecule has 1 atom stereocenters. The quantitative estimate of drug-likeness (QED) is 0.397. The minimum absolute atomic E-state index is 0.0753. The van der Waals surface area contributed by atoms with Gasteiger partial charge >= 0.3 is 0 Å². The van der Waals surface area contributed by atoms with Crippen LogP contribution < -0.4 is 10.6 Å². The third kappa shape index (κ3) is 5.14. The van der Waals surface area contributed by atoms with Gasteiger partial charge in [0.05, 0.1) is 28.2 Å². The summed E-state index contributed by atoms with van der Waals surface area (Å²) in [5, 5.41) is 10.4. The van der Waals surface area contributed by atoms with Gasteiger partial charge in [0.25, 0.3) is 5.91 Å². The topological polar surface area (TPSA) is 94.0 Å². The van der Waals surface area contributed by atoms with Gasteiger partial charge in [-0.3, -0.25) is 9.48 Å². The number of anilines is 1. The monoisotopic (exact) mass is 512 g/mol. The number of carbonyl (C=O) groups is 1. The fraction of sp³-hybridized carbons (Fsp3) is 0.280. The number of hydrogen-bond donors (Lipinski definition) is 2. The standard InChI is InChI=1S/C25H23ClF2N6O2/c1-34-13-16(11-30-34)23(14-2-3-20(27)19(26)8-14)33-24(35)15-9-21(28)18-12-29-25(32-22(18)10-15)31-17-4-6-36-7-5-17/h2-3,8-13,17,23H,4-7H2,1H3,(H,33,35)(H,29,31,32)/t23-/m0/s1. The zero-order valence-electron chi connectivity index (χ0n) is 19.3. The molecule has 1 aliphatic heterocycles. The summed E-state index contributed by atoms with van der Waals surface area (Å²) in [6.07, 6.45) is 6.36. The Morgan fingerprint density at radius 2 is 1.94 bits per heavy atom. The first kappa shape index (κ1) is 24.1. The van der Waals surface area contributed by atoms with Gasteiger partial charge in [0, 0.05) is 49.8 Å². The molecule has 1 aliphatic rings. The second-order valence-corrected chi connectivity index (χ2v) is 9.05. The Morgan fingerprint density at radius 1 is 1.14 bits per heavy atom. The van der Waals surface area contributed by atoms with Crippen LogP contribution >= 0.6 is 11.6 Å². The molecule has 0 spiro atoms. The molecule has 5 rings (SSSR count). The predicted molar refractivity (Wildman–Crippen MR) is 131 cm³/mol. The summed E-state index contributed by atoms with van der Waals surface area (Å²) in [6.45, 7) is 1.31. The van der Waals surface area contributed by atoms with E-state index in [1.807, 2.05) is 0 Å². The maximum absolute atomic E-state index is 14.9. The van der Waals surface area contributed by atoms with Crippen LogP contribution in [0.1, 0.15) is 40.4 Å². The van der Waals surface area contributed by atoms with Gasteiger partial charge in [-0.25, -0.2) is 18.7 Å². The molecule has 1 saturated heterocycles. The number of hydrogen-bond acceptors (Lipinski definition) is 6. The molecule has 0 unspecified atom stereocenters. The van der Waals surface area contributed by atoms with Crippen molar-refractivity contribution < 1.29 is 18.3 Å². The molecule has 2 aromatic carbocycles. The largest absolute Gasteiger partial charge is 0.381 e. The van der Waals surface area contributed by atoms with E-state index in [1.165, 1.54) is 30.5 Å². The number of amides is 1. The van der Waals surface area contributed by atoms with E-state index in [9.17, 15) is 13.6 Å². The zero-order chi connectivity index (χ0) is 25.2. The number of halogens is 3. The van der Waals surface area contributed by atoms with Crippen LogP contribution in [0.15, 0.2) is 48.9 Å². The number of fused-ring (bicyclic) bond motifs is 1. The number of nitrogens with zero attached hydrogens (tertiary/aromatic N) is 4. The summed E-state index contributed by atoms with van der Waals surface area (Å²) in [6, 6.07) is 6.33. The third-order valence-electron chi connectivity index (χ3n) is 6.08. The summed E-state index contributed by atoms with van der Waals surface area (Å²) in [5.41, 5.74) is 1.58. The number of nitrogens with one attached hydrogen (secondary N) is 2. The normalized spacial score (nSPS) is 15.1. The summed E-state index contributed by atoms with van der Waals surface area (Å²) < 4.78 is 35.6. The van der Waals surface area contributed by atoms with Crippen molar-refractivity contribution in [2.24, 2.45) is 7.05 Å². The van der Waals surface area contributed by atoms with Gasteiger partial charge in [-0.05, 0) is 42.7 Å². The first-order valence-corrected chi connectivity index (χ1v) is 11.8. The summed E-state index contributed by atoms with van der Waals surface area (Å²) >= 11 is 5.99. The van der Waals surface area contributed by atoms with Crippen LogP contribution in [-0.2, 0) is 11.8 Å². The van der Waals surface area contributed by atoms with Crippen LogP contribution in [0.4, 0.5) is 14.7 Å².